The molecule has 0 radical (unpaired) electrons. The number of rotatable bonds is 5. The second-order valence-corrected chi connectivity index (χ2v) is 7.75. The fourth-order valence-corrected chi connectivity index (χ4v) is 3.12. The Labute approximate surface area is 118 Å². The molecule has 3 heteroatoms. The summed E-state index contributed by atoms with van der Waals surface area (Å²) in [6, 6.07) is 1.35. The molecule has 0 spiro atoms. The molecule has 1 fully saturated rings. The van der Waals surface area contributed by atoms with Gasteiger partial charge in [-0.1, -0.05) is 41.0 Å². The number of hydrogen-bond donors (Lipinski definition) is 1. The van der Waals surface area contributed by atoms with Crippen LogP contribution in [0.4, 0.5) is 0 Å². The van der Waals surface area contributed by atoms with E-state index in [1.54, 1.807) is 0 Å². The summed E-state index contributed by atoms with van der Waals surface area (Å²) in [7, 11) is 0. The van der Waals surface area contributed by atoms with Crippen LogP contribution in [0.3, 0.4) is 0 Å². The predicted molar refractivity (Wildman–Crippen MR) is 84.4 cm³/mol. The standard InChI is InChI=1S/C15H32N2S/c1-7-12(2)13-10-16-14(15(3,4)5)11-17(13)8-9-18-6/h12-14,16H,7-11H2,1-6H3. The van der Waals surface area contributed by atoms with Crippen LogP contribution in [-0.2, 0) is 0 Å². The van der Waals surface area contributed by atoms with Gasteiger partial charge in [0, 0.05) is 37.5 Å². The van der Waals surface area contributed by atoms with Gasteiger partial charge in [-0.3, -0.25) is 4.90 Å². The lowest BCUT2D eigenvalue weighted by Crippen LogP contribution is -2.62. The third-order valence-corrected chi connectivity index (χ3v) is 4.98. The molecule has 3 atom stereocenters. The van der Waals surface area contributed by atoms with Crippen LogP contribution in [-0.4, -0.2) is 48.6 Å². The van der Waals surface area contributed by atoms with Crippen molar-refractivity contribution < 1.29 is 0 Å². The fourth-order valence-electron chi connectivity index (χ4n) is 2.71. The molecule has 0 aromatic heterocycles. The molecule has 0 amide bonds. The van der Waals surface area contributed by atoms with Crippen molar-refractivity contribution in [2.45, 2.75) is 53.1 Å². The maximum Gasteiger partial charge on any atom is 0.0247 e. The van der Waals surface area contributed by atoms with Gasteiger partial charge in [0.2, 0.25) is 0 Å². The highest BCUT2D eigenvalue weighted by molar-refractivity contribution is 7.98. The van der Waals surface area contributed by atoms with E-state index in [-0.39, 0.29) is 0 Å². The monoisotopic (exact) mass is 272 g/mol. The van der Waals surface area contributed by atoms with Gasteiger partial charge in [-0.2, -0.15) is 11.8 Å². The van der Waals surface area contributed by atoms with Gasteiger partial charge in [-0.25, -0.2) is 0 Å². The van der Waals surface area contributed by atoms with Crippen molar-refractivity contribution >= 4 is 11.8 Å². The van der Waals surface area contributed by atoms with Crippen LogP contribution in [0.2, 0.25) is 0 Å². The van der Waals surface area contributed by atoms with Crippen molar-refractivity contribution in [2.75, 3.05) is 31.6 Å². The molecule has 1 N–H and O–H groups in total. The van der Waals surface area contributed by atoms with Crippen molar-refractivity contribution in [1.29, 1.82) is 0 Å². The fraction of sp³-hybridized carbons (Fsp3) is 1.00. The van der Waals surface area contributed by atoms with E-state index >= 15 is 0 Å². The Morgan fingerprint density at radius 1 is 1.39 bits per heavy atom. The highest BCUT2D eigenvalue weighted by atomic mass is 32.2. The van der Waals surface area contributed by atoms with Gasteiger partial charge in [-0.15, -0.1) is 0 Å². The number of thioether (sulfide) groups is 1. The summed E-state index contributed by atoms with van der Waals surface area (Å²) < 4.78 is 0. The smallest absolute Gasteiger partial charge is 0.0247 e. The summed E-state index contributed by atoms with van der Waals surface area (Å²) in [4.78, 5) is 2.73. The number of hydrogen-bond acceptors (Lipinski definition) is 3. The van der Waals surface area contributed by atoms with E-state index in [0.717, 1.165) is 18.5 Å². The molecular weight excluding hydrogens is 240 g/mol. The molecule has 1 rings (SSSR count). The van der Waals surface area contributed by atoms with Gasteiger partial charge in [0.25, 0.3) is 0 Å². The van der Waals surface area contributed by atoms with Gasteiger partial charge in [-0.05, 0) is 17.6 Å². The third-order valence-electron chi connectivity index (χ3n) is 4.39. The van der Waals surface area contributed by atoms with Crippen LogP contribution >= 0.6 is 11.8 Å². The first-order valence-electron chi connectivity index (χ1n) is 7.36. The Balaban J connectivity index is 2.66. The Hall–Kier alpha value is 0.270. The van der Waals surface area contributed by atoms with Gasteiger partial charge in [0.15, 0.2) is 0 Å². The Bertz CT molecular complexity index is 237. The molecule has 3 unspecified atom stereocenters. The molecule has 0 aromatic carbocycles. The minimum atomic E-state index is 0.359. The number of nitrogens with zero attached hydrogens (tertiary/aromatic N) is 1. The molecule has 1 aliphatic rings. The van der Waals surface area contributed by atoms with Gasteiger partial charge in [0.1, 0.15) is 0 Å². The molecule has 2 nitrogen and oxygen atoms in total. The molecule has 18 heavy (non-hydrogen) atoms. The van der Waals surface area contributed by atoms with E-state index in [2.05, 4.69) is 51.1 Å². The number of piperazine rings is 1. The van der Waals surface area contributed by atoms with Gasteiger partial charge >= 0.3 is 0 Å². The SMILES string of the molecule is CCC(C)C1CNC(C(C)(C)C)CN1CCSC. The lowest BCUT2D eigenvalue weighted by Gasteiger charge is -2.47. The first kappa shape index (κ1) is 16.3. The molecule has 0 bridgehead atoms. The van der Waals surface area contributed by atoms with Crippen molar-refractivity contribution in [3.8, 4) is 0 Å². The average Bonchev–Trinajstić information content (AvgIpc) is 2.34. The third kappa shape index (κ3) is 4.43. The maximum atomic E-state index is 3.78. The summed E-state index contributed by atoms with van der Waals surface area (Å²) in [5.74, 6) is 2.05. The zero-order chi connectivity index (χ0) is 13.8. The van der Waals surface area contributed by atoms with Crippen molar-refractivity contribution in [2.24, 2.45) is 11.3 Å². The topological polar surface area (TPSA) is 15.3 Å². The molecule has 1 saturated heterocycles. The normalized spacial score (nSPS) is 28.3. The zero-order valence-corrected chi connectivity index (χ0v) is 13.9. The van der Waals surface area contributed by atoms with Crippen LogP contribution < -0.4 is 5.32 Å². The van der Waals surface area contributed by atoms with Crippen LogP contribution in [0, 0.1) is 11.3 Å². The van der Waals surface area contributed by atoms with Crippen LogP contribution in [0.15, 0.2) is 0 Å². The first-order valence-corrected chi connectivity index (χ1v) is 8.75. The predicted octanol–water partition coefficient (Wildman–Crippen LogP) is 3.08. The lowest BCUT2D eigenvalue weighted by molar-refractivity contribution is 0.0636. The quantitative estimate of drug-likeness (QED) is 0.828. The first-order chi connectivity index (χ1) is 8.40. The van der Waals surface area contributed by atoms with Crippen molar-refractivity contribution in [3.63, 3.8) is 0 Å². The zero-order valence-electron chi connectivity index (χ0n) is 13.1. The Morgan fingerprint density at radius 3 is 2.56 bits per heavy atom. The second kappa shape index (κ2) is 7.16. The summed E-state index contributed by atoms with van der Waals surface area (Å²) in [5.41, 5.74) is 0.359. The minimum absolute atomic E-state index is 0.359. The average molecular weight is 273 g/mol. The minimum Gasteiger partial charge on any atom is -0.311 e. The van der Waals surface area contributed by atoms with Gasteiger partial charge in [0.05, 0.1) is 0 Å². The highest BCUT2D eigenvalue weighted by Gasteiger charge is 2.35. The summed E-state index contributed by atoms with van der Waals surface area (Å²) in [5, 5.41) is 3.78. The molecule has 0 saturated carbocycles. The summed E-state index contributed by atoms with van der Waals surface area (Å²) in [6.45, 7) is 15.4. The summed E-state index contributed by atoms with van der Waals surface area (Å²) in [6.07, 6.45) is 3.49. The summed E-state index contributed by atoms with van der Waals surface area (Å²) >= 11 is 1.96. The lowest BCUT2D eigenvalue weighted by atomic mass is 9.83. The molecule has 0 aliphatic carbocycles. The number of nitrogens with one attached hydrogen (secondary N) is 1. The second-order valence-electron chi connectivity index (χ2n) is 6.77. The van der Waals surface area contributed by atoms with Crippen molar-refractivity contribution in [1.82, 2.24) is 10.2 Å². The molecule has 0 aromatic rings. The van der Waals surface area contributed by atoms with E-state index in [1.807, 2.05) is 11.8 Å². The van der Waals surface area contributed by atoms with Crippen LogP contribution in [0.1, 0.15) is 41.0 Å². The molecular formula is C15H32N2S. The maximum absolute atomic E-state index is 3.78. The molecule has 1 heterocycles. The van der Waals surface area contributed by atoms with E-state index < -0.39 is 0 Å². The highest BCUT2D eigenvalue weighted by Crippen LogP contribution is 2.26. The molecule has 1 aliphatic heterocycles. The van der Waals surface area contributed by atoms with Crippen LogP contribution in [0.25, 0.3) is 0 Å². The molecule has 108 valence electrons. The van der Waals surface area contributed by atoms with Crippen molar-refractivity contribution in [3.05, 3.63) is 0 Å². The van der Waals surface area contributed by atoms with Gasteiger partial charge < -0.3 is 5.32 Å². The Morgan fingerprint density at radius 2 is 2.06 bits per heavy atom. The van der Waals surface area contributed by atoms with E-state index in [0.29, 0.717) is 11.5 Å². The largest absolute Gasteiger partial charge is 0.311 e. The van der Waals surface area contributed by atoms with E-state index in [4.69, 9.17) is 0 Å². The van der Waals surface area contributed by atoms with Crippen LogP contribution in [0.5, 0.6) is 0 Å². The van der Waals surface area contributed by atoms with E-state index in [1.165, 1.54) is 25.3 Å². The Kier molecular flexibility index (Phi) is 6.49. The van der Waals surface area contributed by atoms with E-state index in [9.17, 15) is 0 Å².